The number of rotatable bonds is 3. The molecule has 118 valence electrons. The normalized spacial score (nSPS) is 43.6. The number of benzene rings is 1. The molecular weight excluding hydrogens is 276 g/mol. The van der Waals surface area contributed by atoms with Gasteiger partial charge in [0.15, 0.2) is 5.60 Å². The summed E-state index contributed by atoms with van der Waals surface area (Å²) in [6, 6.07) is 8.67. The molecule has 1 aromatic rings. The monoisotopic (exact) mass is 298 g/mol. The van der Waals surface area contributed by atoms with E-state index in [9.17, 15) is 20.4 Å². The van der Waals surface area contributed by atoms with Crippen LogP contribution in [0.2, 0.25) is 0 Å². The molecule has 6 heteroatoms. The highest BCUT2D eigenvalue weighted by atomic mass is 16.7. The van der Waals surface area contributed by atoms with Crippen molar-refractivity contribution in [1.29, 1.82) is 0 Å². The van der Waals surface area contributed by atoms with E-state index in [-0.39, 0.29) is 0 Å². The fraction of sp³-hybridized carbons (Fsp3) is 0.600. The minimum atomic E-state index is -1.95. The first-order valence-electron chi connectivity index (χ1n) is 6.79. The van der Waals surface area contributed by atoms with Crippen LogP contribution in [0.15, 0.2) is 30.3 Å². The lowest BCUT2D eigenvalue weighted by Crippen LogP contribution is -2.78. The average Bonchev–Trinajstić information content (AvgIpc) is 2.42. The summed E-state index contributed by atoms with van der Waals surface area (Å²) in [7, 11) is 0. The maximum atomic E-state index is 10.6. The van der Waals surface area contributed by atoms with Crippen molar-refractivity contribution < 1.29 is 29.9 Å². The molecule has 6 nitrogen and oxygen atoms in total. The zero-order chi connectivity index (χ0) is 15.9. The van der Waals surface area contributed by atoms with Gasteiger partial charge in [-0.1, -0.05) is 18.2 Å². The van der Waals surface area contributed by atoms with E-state index in [0.29, 0.717) is 5.75 Å². The molecular formula is C15H22O6. The van der Waals surface area contributed by atoms with E-state index in [1.165, 1.54) is 20.8 Å². The van der Waals surface area contributed by atoms with Crippen molar-refractivity contribution in [2.75, 3.05) is 6.61 Å². The SMILES string of the molecule is C[C@]1(O)[C@@](C)(O)[C@H](Oc2ccccc2)O[C@@H](CO)[C@]1(C)O. The fourth-order valence-electron chi connectivity index (χ4n) is 2.46. The number of aliphatic hydroxyl groups excluding tert-OH is 1. The van der Waals surface area contributed by atoms with Crippen molar-refractivity contribution in [2.45, 2.75) is 50.0 Å². The Balaban J connectivity index is 2.34. The number of para-hydroxylation sites is 1. The lowest BCUT2D eigenvalue weighted by atomic mass is 9.68. The zero-order valence-electron chi connectivity index (χ0n) is 12.4. The van der Waals surface area contributed by atoms with E-state index < -0.39 is 35.8 Å². The Hall–Kier alpha value is -1.18. The second kappa shape index (κ2) is 5.23. The first-order valence-corrected chi connectivity index (χ1v) is 6.79. The molecule has 0 aliphatic carbocycles. The van der Waals surface area contributed by atoms with Gasteiger partial charge in [-0.3, -0.25) is 0 Å². The number of aliphatic hydroxyl groups is 4. The third kappa shape index (κ3) is 2.43. The van der Waals surface area contributed by atoms with Gasteiger partial charge in [-0.05, 0) is 32.9 Å². The van der Waals surface area contributed by atoms with Gasteiger partial charge in [-0.2, -0.15) is 0 Å². The van der Waals surface area contributed by atoms with Crippen molar-refractivity contribution >= 4 is 0 Å². The molecule has 5 atom stereocenters. The number of hydrogen-bond acceptors (Lipinski definition) is 6. The molecule has 21 heavy (non-hydrogen) atoms. The largest absolute Gasteiger partial charge is 0.462 e. The third-order valence-electron chi connectivity index (χ3n) is 4.50. The third-order valence-corrected chi connectivity index (χ3v) is 4.50. The van der Waals surface area contributed by atoms with Crippen molar-refractivity contribution in [1.82, 2.24) is 0 Å². The lowest BCUT2D eigenvalue weighted by molar-refractivity contribution is -0.376. The predicted molar refractivity (Wildman–Crippen MR) is 74.7 cm³/mol. The Morgan fingerprint density at radius 3 is 2.14 bits per heavy atom. The summed E-state index contributed by atoms with van der Waals surface area (Å²) in [4.78, 5) is 0. The van der Waals surface area contributed by atoms with E-state index in [1.54, 1.807) is 24.3 Å². The van der Waals surface area contributed by atoms with Gasteiger partial charge in [0.1, 0.15) is 23.1 Å². The minimum absolute atomic E-state index is 0.441. The molecule has 0 aromatic heterocycles. The highest BCUT2D eigenvalue weighted by Gasteiger charge is 2.66. The Morgan fingerprint density at radius 2 is 1.62 bits per heavy atom. The molecule has 2 rings (SSSR count). The summed E-state index contributed by atoms with van der Waals surface area (Å²) in [6.07, 6.45) is -2.34. The van der Waals surface area contributed by atoms with E-state index in [2.05, 4.69) is 0 Å². The maximum Gasteiger partial charge on any atom is 0.232 e. The molecule has 0 radical (unpaired) electrons. The summed E-state index contributed by atoms with van der Waals surface area (Å²) >= 11 is 0. The van der Waals surface area contributed by atoms with E-state index in [4.69, 9.17) is 9.47 Å². The van der Waals surface area contributed by atoms with Crippen LogP contribution in [0.4, 0.5) is 0 Å². The van der Waals surface area contributed by atoms with Gasteiger partial charge in [0.25, 0.3) is 0 Å². The summed E-state index contributed by atoms with van der Waals surface area (Å²) in [5.41, 5.74) is -5.69. The van der Waals surface area contributed by atoms with Crippen LogP contribution < -0.4 is 4.74 Å². The first-order chi connectivity index (χ1) is 9.64. The first kappa shape index (κ1) is 16.2. The van der Waals surface area contributed by atoms with Crippen molar-refractivity contribution in [3.63, 3.8) is 0 Å². The molecule has 1 saturated heterocycles. The Kier molecular flexibility index (Phi) is 4.03. The van der Waals surface area contributed by atoms with Gasteiger partial charge in [0.2, 0.25) is 6.29 Å². The Bertz CT molecular complexity index is 482. The minimum Gasteiger partial charge on any atom is -0.462 e. The standard InChI is InChI=1S/C15H22O6/c1-13(17)11(9-16)21-12(14(2,18)15(13,3)19)20-10-7-5-4-6-8-10/h4-8,11-12,16-19H,9H2,1-3H3/t11-,12+,13-,14-,15+/m0/s1. The topological polar surface area (TPSA) is 99.4 Å². The molecule has 1 aromatic carbocycles. The van der Waals surface area contributed by atoms with Crippen LogP contribution in [0.5, 0.6) is 5.75 Å². The van der Waals surface area contributed by atoms with Crippen molar-refractivity contribution in [3.8, 4) is 5.75 Å². The Morgan fingerprint density at radius 1 is 1.05 bits per heavy atom. The maximum absolute atomic E-state index is 10.6. The molecule has 0 spiro atoms. The van der Waals surface area contributed by atoms with Crippen molar-refractivity contribution in [3.05, 3.63) is 30.3 Å². The molecule has 1 heterocycles. The van der Waals surface area contributed by atoms with Crippen LogP contribution in [-0.2, 0) is 4.74 Å². The van der Waals surface area contributed by atoms with Crippen LogP contribution in [0.1, 0.15) is 20.8 Å². The summed E-state index contributed by atoms with van der Waals surface area (Å²) < 4.78 is 11.1. The summed E-state index contributed by atoms with van der Waals surface area (Å²) in [6.45, 7) is 3.40. The highest BCUT2D eigenvalue weighted by molar-refractivity contribution is 5.23. The number of ether oxygens (including phenoxy) is 2. The quantitative estimate of drug-likeness (QED) is 0.628. The molecule has 1 aliphatic rings. The van der Waals surface area contributed by atoms with Crippen LogP contribution >= 0.6 is 0 Å². The molecule has 1 fully saturated rings. The van der Waals surface area contributed by atoms with Crippen LogP contribution in [0, 0.1) is 0 Å². The molecule has 0 bridgehead atoms. The second-order valence-electron chi connectivity index (χ2n) is 5.94. The van der Waals surface area contributed by atoms with Crippen LogP contribution in [-0.4, -0.2) is 56.2 Å². The van der Waals surface area contributed by atoms with Crippen LogP contribution in [0.3, 0.4) is 0 Å². The van der Waals surface area contributed by atoms with Gasteiger partial charge in [0, 0.05) is 0 Å². The smallest absolute Gasteiger partial charge is 0.232 e. The van der Waals surface area contributed by atoms with Gasteiger partial charge >= 0.3 is 0 Å². The zero-order valence-corrected chi connectivity index (χ0v) is 12.4. The second-order valence-corrected chi connectivity index (χ2v) is 5.94. The molecule has 4 N–H and O–H groups in total. The lowest BCUT2D eigenvalue weighted by Gasteiger charge is -2.56. The molecule has 0 saturated carbocycles. The molecule has 0 unspecified atom stereocenters. The van der Waals surface area contributed by atoms with Gasteiger partial charge in [0.05, 0.1) is 6.61 Å². The van der Waals surface area contributed by atoms with E-state index in [0.717, 1.165) is 0 Å². The van der Waals surface area contributed by atoms with Crippen LogP contribution in [0.25, 0.3) is 0 Å². The van der Waals surface area contributed by atoms with E-state index in [1.807, 2.05) is 6.07 Å². The molecule has 1 aliphatic heterocycles. The summed E-state index contributed by atoms with van der Waals surface area (Å²) in [5, 5.41) is 41.1. The van der Waals surface area contributed by atoms with E-state index >= 15 is 0 Å². The molecule has 0 amide bonds. The van der Waals surface area contributed by atoms with Gasteiger partial charge in [-0.15, -0.1) is 0 Å². The highest BCUT2D eigenvalue weighted by Crippen LogP contribution is 2.44. The predicted octanol–water partition coefficient (Wildman–Crippen LogP) is 0.0356. The Labute approximate surface area is 123 Å². The fourth-order valence-corrected chi connectivity index (χ4v) is 2.46. The van der Waals surface area contributed by atoms with Crippen molar-refractivity contribution in [2.24, 2.45) is 0 Å². The van der Waals surface area contributed by atoms with Gasteiger partial charge in [-0.25, -0.2) is 0 Å². The summed E-state index contributed by atoms with van der Waals surface area (Å²) in [5.74, 6) is 0.441. The van der Waals surface area contributed by atoms with Gasteiger partial charge < -0.3 is 29.9 Å². The number of hydrogen-bond donors (Lipinski definition) is 4. The average molecular weight is 298 g/mol.